The van der Waals surface area contributed by atoms with Gasteiger partial charge in [0.25, 0.3) is 0 Å². The number of unbranched alkanes of at least 4 members (excludes halogenated alkanes) is 10. The van der Waals surface area contributed by atoms with Gasteiger partial charge in [0, 0.05) is 17.2 Å². The number of rotatable bonds is 23. The predicted octanol–water partition coefficient (Wildman–Crippen LogP) is 10.1. The first-order valence-electron chi connectivity index (χ1n) is 18.9. The molecule has 54 heavy (non-hydrogen) atoms. The summed E-state index contributed by atoms with van der Waals surface area (Å²) in [5.74, 6) is -2.03. The van der Waals surface area contributed by atoms with Gasteiger partial charge in [-0.25, -0.2) is 19.2 Å². The SMILES string of the molecule is C=C(C)C(=O)OCCCCCCCCCCCOC(=O)c1cc(OC(=O)c2ccc(C=CC(=O)OC)cc2)ccc1C=O.CCCCCc1ccccc1. The monoisotopic (exact) mass is 740 g/mol. The molecular formula is C45H56O9. The van der Waals surface area contributed by atoms with E-state index in [-0.39, 0.29) is 35.0 Å². The molecule has 0 saturated carbocycles. The molecule has 9 nitrogen and oxygen atoms in total. The highest BCUT2D eigenvalue weighted by atomic mass is 16.5. The third-order valence-corrected chi connectivity index (χ3v) is 8.36. The summed E-state index contributed by atoms with van der Waals surface area (Å²) in [4.78, 5) is 59.3. The number of carbonyl (C=O) groups excluding carboxylic acids is 5. The van der Waals surface area contributed by atoms with Crippen molar-refractivity contribution in [3.63, 3.8) is 0 Å². The number of aldehydes is 1. The number of aryl methyl sites for hydroxylation is 1. The normalized spacial score (nSPS) is 10.5. The lowest BCUT2D eigenvalue weighted by Gasteiger charge is -2.10. The largest absolute Gasteiger partial charge is 0.466 e. The Morgan fingerprint density at radius 3 is 1.89 bits per heavy atom. The summed E-state index contributed by atoms with van der Waals surface area (Å²) >= 11 is 0. The van der Waals surface area contributed by atoms with Crippen molar-refractivity contribution < 1.29 is 42.9 Å². The van der Waals surface area contributed by atoms with Crippen LogP contribution >= 0.6 is 0 Å². The predicted molar refractivity (Wildman–Crippen MR) is 212 cm³/mol. The van der Waals surface area contributed by atoms with E-state index in [1.165, 1.54) is 62.6 Å². The molecule has 3 aromatic rings. The molecule has 0 aliphatic heterocycles. The Hall–Kier alpha value is -5.31. The maximum Gasteiger partial charge on any atom is 0.343 e. The second-order valence-corrected chi connectivity index (χ2v) is 12.9. The van der Waals surface area contributed by atoms with Crippen molar-refractivity contribution in [1.82, 2.24) is 0 Å². The van der Waals surface area contributed by atoms with E-state index in [1.807, 2.05) is 0 Å². The Kier molecular flexibility index (Phi) is 22.7. The van der Waals surface area contributed by atoms with Crippen LogP contribution in [-0.2, 0) is 30.2 Å². The van der Waals surface area contributed by atoms with Crippen LogP contribution in [0.5, 0.6) is 5.75 Å². The summed E-state index contributed by atoms with van der Waals surface area (Å²) in [6.07, 6.45) is 17.6. The summed E-state index contributed by atoms with van der Waals surface area (Å²) in [7, 11) is 1.28. The summed E-state index contributed by atoms with van der Waals surface area (Å²) in [6.45, 7) is 8.09. The quantitative estimate of drug-likeness (QED) is 0.0233. The number of hydrogen-bond donors (Lipinski definition) is 0. The van der Waals surface area contributed by atoms with Gasteiger partial charge in [0.1, 0.15) is 5.75 Å². The van der Waals surface area contributed by atoms with Crippen LogP contribution < -0.4 is 4.74 Å². The van der Waals surface area contributed by atoms with Crippen LogP contribution in [0.25, 0.3) is 6.08 Å². The Bertz CT molecular complexity index is 1620. The van der Waals surface area contributed by atoms with Crippen molar-refractivity contribution in [2.45, 2.75) is 97.3 Å². The van der Waals surface area contributed by atoms with Crippen molar-refractivity contribution in [3.05, 3.63) is 119 Å². The van der Waals surface area contributed by atoms with Crippen LogP contribution in [0.1, 0.15) is 133 Å². The molecule has 0 spiro atoms. The van der Waals surface area contributed by atoms with E-state index < -0.39 is 17.9 Å². The lowest BCUT2D eigenvalue weighted by molar-refractivity contribution is -0.139. The van der Waals surface area contributed by atoms with Gasteiger partial charge >= 0.3 is 23.9 Å². The van der Waals surface area contributed by atoms with E-state index in [2.05, 4.69) is 48.6 Å². The van der Waals surface area contributed by atoms with Gasteiger partial charge in [-0.1, -0.05) is 114 Å². The summed E-state index contributed by atoms with van der Waals surface area (Å²) < 4.78 is 20.4. The zero-order valence-electron chi connectivity index (χ0n) is 32.1. The van der Waals surface area contributed by atoms with Crippen molar-refractivity contribution in [3.8, 4) is 5.75 Å². The first-order valence-corrected chi connectivity index (χ1v) is 18.9. The Morgan fingerprint density at radius 1 is 0.704 bits per heavy atom. The van der Waals surface area contributed by atoms with Crippen molar-refractivity contribution >= 4 is 36.2 Å². The highest BCUT2D eigenvalue weighted by Gasteiger charge is 2.16. The maximum absolute atomic E-state index is 12.7. The third kappa shape index (κ3) is 19.0. The Morgan fingerprint density at radius 2 is 1.31 bits per heavy atom. The van der Waals surface area contributed by atoms with Crippen LogP contribution in [0, 0.1) is 0 Å². The Labute approximate surface area is 320 Å². The molecule has 0 aromatic heterocycles. The molecule has 9 heteroatoms. The molecule has 0 bridgehead atoms. The minimum Gasteiger partial charge on any atom is -0.466 e. The van der Waals surface area contributed by atoms with E-state index >= 15 is 0 Å². The van der Waals surface area contributed by atoms with Gasteiger partial charge in [-0.15, -0.1) is 0 Å². The van der Waals surface area contributed by atoms with Gasteiger partial charge in [-0.05, 0) is 80.1 Å². The van der Waals surface area contributed by atoms with Crippen LogP contribution in [-0.4, -0.2) is 50.5 Å². The van der Waals surface area contributed by atoms with E-state index in [0.717, 1.165) is 51.4 Å². The standard InChI is InChI=1S/C34H40O9.C11H16/c1-25(2)32(37)41-21-11-9-7-5-4-6-8-10-12-22-42-34(39)30-23-29(19-18-28(30)24-35)43-33(38)27-16-13-26(14-17-27)15-20-31(36)40-3;1-2-3-5-8-11-9-6-4-7-10-11/h13-20,23-24H,1,4-12,21-22H2,2-3H3;4,6-7,9-10H,2-3,5,8H2,1H3. The number of ether oxygens (including phenoxy) is 4. The van der Waals surface area contributed by atoms with Crippen LogP contribution in [0.3, 0.4) is 0 Å². The fraction of sp³-hybridized carbons (Fsp3) is 0.400. The van der Waals surface area contributed by atoms with E-state index in [0.29, 0.717) is 30.5 Å². The van der Waals surface area contributed by atoms with E-state index in [9.17, 15) is 24.0 Å². The topological polar surface area (TPSA) is 122 Å². The highest BCUT2D eigenvalue weighted by molar-refractivity contribution is 5.99. The molecule has 290 valence electrons. The van der Waals surface area contributed by atoms with Crippen LogP contribution in [0.15, 0.2) is 91.0 Å². The molecule has 0 aliphatic carbocycles. The lowest BCUT2D eigenvalue weighted by Crippen LogP contribution is -2.12. The molecule has 0 aliphatic rings. The number of esters is 4. The summed E-state index contributed by atoms with van der Waals surface area (Å²) in [6, 6.07) is 21.2. The van der Waals surface area contributed by atoms with Gasteiger partial charge in [-0.3, -0.25) is 4.79 Å². The second kappa shape index (κ2) is 27.3. The van der Waals surface area contributed by atoms with Crippen molar-refractivity contribution in [2.24, 2.45) is 0 Å². The zero-order chi connectivity index (χ0) is 39.4. The third-order valence-electron chi connectivity index (χ3n) is 8.36. The Balaban J connectivity index is 0.000000780. The number of benzene rings is 3. The van der Waals surface area contributed by atoms with Gasteiger partial charge in [0.2, 0.25) is 0 Å². The first-order chi connectivity index (χ1) is 26.2. The molecule has 0 heterocycles. The average Bonchev–Trinajstić information content (AvgIpc) is 3.19. The van der Waals surface area contributed by atoms with Gasteiger partial charge in [0.15, 0.2) is 6.29 Å². The maximum atomic E-state index is 12.7. The van der Waals surface area contributed by atoms with Gasteiger partial charge in [0.05, 0.1) is 31.5 Å². The fourth-order valence-corrected chi connectivity index (χ4v) is 5.20. The smallest absolute Gasteiger partial charge is 0.343 e. The fourth-order valence-electron chi connectivity index (χ4n) is 5.20. The summed E-state index contributed by atoms with van der Waals surface area (Å²) in [5, 5.41) is 0. The van der Waals surface area contributed by atoms with Crippen molar-refractivity contribution in [2.75, 3.05) is 20.3 Å². The summed E-state index contributed by atoms with van der Waals surface area (Å²) in [5.41, 5.74) is 3.01. The number of carbonyl (C=O) groups is 5. The number of hydrogen-bond acceptors (Lipinski definition) is 9. The van der Waals surface area contributed by atoms with Crippen LogP contribution in [0.2, 0.25) is 0 Å². The van der Waals surface area contributed by atoms with Crippen LogP contribution in [0.4, 0.5) is 0 Å². The molecule has 0 amide bonds. The molecular weight excluding hydrogens is 684 g/mol. The minimum atomic E-state index is -0.657. The average molecular weight is 741 g/mol. The molecule has 3 aromatic carbocycles. The molecule has 0 radical (unpaired) electrons. The highest BCUT2D eigenvalue weighted by Crippen LogP contribution is 2.20. The molecule has 0 atom stereocenters. The minimum absolute atomic E-state index is 0.0259. The number of methoxy groups -OCH3 is 1. The van der Waals surface area contributed by atoms with E-state index in [1.54, 1.807) is 37.3 Å². The first kappa shape index (κ1) is 44.8. The second-order valence-electron chi connectivity index (χ2n) is 12.9. The van der Waals surface area contributed by atoms with Gasteiger partial charge < -0.3 is 18.9 Å². The van der Waals surface area contributed by atoms with Gasteiger partial charge in [-0.2, -0.15) is 0 Å². The lowest BCUT2D eigenvalue weighted by atomic mass is 10.1. The molecule has 3 rings (SSSR count). The van der Waals surface area contributed by atoms with E-state index in [4.69, 9.17) is 14.2 Å². The van der Waals surface area contributed by atoms with Crippen molar-refractivity contribution in [1.29, 1.82) is 0 Å². The molecule has 0 N–H and O–H groups in total. The zero-order valence-corrected chi connectivity index (χ0v) is 32.1. The molecule has 0 saturated heterocycles. The molecule has 0 fully saturated rings. The molecule has 0 unspecified atom stereocenters.